The number of rotatable bonds is 7. The van der Waals surface area contributed by atoms with E-state index in [0.29, 0.717) is 4.73 Å². The standard InChI is InChI=1S/C25H22F3N3O6/c26-25(27,28)37-20-8-4-3-7-19(20)17-9-10-18(31(36)14-17)11-29-23(34)21(32)22(33)24(35)30-12-15-5-1-2-6-16(15)13-30/h1-10,14,21-22,32-33H,11-13H2,(H,29,34). The molecule has 37 heavy (non-hydrogen) atoms. The largest absolute Gasteiger partial charge is 0.618 e. The number of nitrogens with one attached hydrogen (secondary N) is 1. The highest BCUT2D eigenvalue weighted by atomic mass is 19.4. The minimum Gasteiger partial charge on any atom is -0.618 e. The quantitative estimate of drug-likeness (QED) is 0.324. The number of carbonyl (C=O) groups is 2. The van der Waals surface area contributed by atoms with Crippen LogP contribution in [0.5, 0.6) is 5.75 Å². The maximum atomic E-state index is 12.7. The van der Waals surface area contributed by atoms with Crippen LogP contribution in [-0.2, 0) is 29.2 Å². The highest BCUT2D eigenvalue weighted by Crippen LogP contribution is 2.33. The number of benzene rings is 2. The van der Waals surface area contributed by atoms with E-state index in [9.17, 15) is 38.2 Å². The maximum absolute atomic E-state index is 12.7. The summed E-state index contributed by atoms with van der Waals surface area (Å²) < 4.78 is 42.4. The third-order valence-electron chi connectivity index (χ3n) is 5.84. The Balaban J connectivity index is 1.37. The monoisotopic (exact) mass is 517 g/mol. The smallest absolute Gasteiger partial charge is 0.573 e. The van der Waals surface area contributed by atoms with E-state index in [2.05, 4.69) is 10.1 Å². The minimum absolute atomic E-state index is 0.00525. The predicted octanol–water partition coefficient (Wildman–Crippen LogP) is 1.77. The summed E-state index contributed by atoms with van der Waals surface area (Å²) in [6, 6.07) is 15.3. The molecule has 1 aliphatic rings. The average molecular weight is 517 g/mol. The molecular weight excluding hydrogens is 495 g/mol. The summed E-state index contributed by atoms with van der Waals surface area (Å²) in [5.41, 5.74) is 1.96. The SMILES string of the molecule is O=C(NCc1ccc(-c2ccccc2OC(F)(F)F)c[n+]1[O-])C(O)C(O)C(=O)N1Cc2ccccc2C1. The van der Waals surface area contributed by atoms with E-state index in [1.807, 2.05) is 24.3 Å². The van der Waals surface area contributed by atoms with E-state index in [1.54, 1.807) is 0 Å². The van der Waals surface area contributed by atoms with Gasteiger partial charge in [-0.3, -0.25) is 9.59 Å². The third kappa shape index (κ3) is 5.98. The Bertz CT molecular complexity index is 1290. The molecule has 2 amide bonds. The summed E-state index contributed by atoms with van der Waals surface area (Å²) in [6.07, 6.45) is -8.00. The number of fused-ring (bicyclic) bond motifs is 1. The van der Waals surface area contributed by atoms with Gasteiger partial charge >= 0.3 is 6.36 Å². The summed E-state index contributed by atoms with van der Waals surface area (Å²) in [5.74, 6) is -2.38. The van der Waals surface area contributed by atoms with Gasteiger partial charge in [0.2, 0.25) is 5.69 Å². The lowest BCUT2D eigenvalue weighted by Gasteiger charge is -2.22. The van der Waals surface area contributed by atoms with Crippen LogP contribution in [0.4, 0.5) is 13.2 Å². The molecule has 3 aromatic rings. The van der Waals surface area contributed by atoms with Gasteiger partial charge in [0.1, 0.15) is 12.3 Å². The molecule has 1 aliphatic heterocycles. The lowest BCUT2D eigenvalue weighted by Crippen LogP contribution is -2.50. The number of hydrogen-bond donors (Lipinski definition) is 3. The van der Waals surface area contributed by atoms with Crippen LogP contribution in [0.15, 0.2) is 66.9 Å². The van der Waals surface area contributed by atoms with E-state index in [4.69, 9.17) is 0 Å². The molecule has 12 heteroatoms. The Kier molecular flexibility index (Phi) is 7.32. The molecule has 9 nitrogen and oxygen atoms in total. The topological polar surface area (TPSA) is 126 Å². The van der Waals surface area contributed by atoms with E-state index in [1.165, 1.54) is 35.2 Å². The number of pyridine rings is 1. The molecule has 0 bridgehead atoms. The van der Waals surface area contributed by atoms with Gasteiger partial charge in [-0.1, -0.05) is 42.5 Å². The van der Waals surface area contributed by atoms with E-state index in [0.717, 1.165) is 23.4 Å². The number of alkyl halides is 3. The molecule has 4 rings (SSSR count). The fourth-order valence-corrected chi connectivity index (χ4v) is 3.96. The van der Waals surface area contributed by atoms with Gasteiger partial charge in [0, 0.05) is 24.7 Å². The van der Waals surface area contributed by atoms with Crippen molar-refractivity contribution in [3.05, 3.63) is 88.9 Å². The molecule has 194 valence electrons. The van der Waals surface area contributed by atoms with Crippen LogP contribution in [0.2, 0.25) is 0 Å². The first-order valence-electron chi connectivity index (χ1n) is 11.1. The number of amides is 2. The highest BCUT2D eigenvalue weighted by molar-refractivity contribution is 5.90. The van der Waals surface area contributed by atoms with E-state index >= 15 is 0 Å². The number of aromatic nitrogens is 1. The van der Waals surface area contributed by atoms with Crippen LogP contribution in [0.3, 0.4) is 0 Å². The average Bonchev–Trinajstić information content (AvgIpc) is 3.30. The zero-order valence-corrected chi connectivity index (χ0v) is 19.2. The van der Waals surface area contributed by atoms with Gasteiger partial charge in [-0.2, -0.15) is 4.73 Å². The number of aliphatic hydroxyl groups excluding tert-OH is 2. The van der Waals surface area contributed by atoms with Crippen molar-refractivity contribution < 1.29 is 42.4 Å². The van der Waals surface area contributed by atoms with Crippen molar-refractivity contribution in [2.24, 2.45) is 0 Å². The van der Waals surface area contributed by atoms with Gasteiger partial charge in [0.05, 0.1) is 5.56 Å². The van der Waals surface area contributed by atoms with Crippen LogP contribution < -0.4 is 14.8 Å². The molecule has 2 atom stereocenters. The Morgan fingerprint density at radius 1 is 1.00 bits per heavy atom. The summed E-state index contributed by atoms with van der Waals surface area (Å²) in [5, 5.41) is 35.2. The Morgan fingerprint density at radius 2 is 1.62 bits per heavy atom. The first-order chi connectivity index (χ1) is 17.5. The molecule has 2 aromatic carbocycles. The minimum atomic E-state index is -4.92. The normalized spacial score (nSPS) is 14.6. The molecule has 0 aliphatic carbocycles. The van der Waals surface area contributed by atoms with Crippen LogP contribution in [0.25, 0.3) is 11.1 Å². The molecule has 3 N–H and O–H groups in total. The third-order valence-corrected chi connectivity index (χ3v) is 5.84. The van der Waals surface area contributed by atoms with Crippen molar-refractivity contribution in [1.29, 1.82) is 0 Å². The van der Waals surface area contributed by atoms with Gasteiger partial charge in [0.25, 0.3) is 11.8 Å². The van der Waals surface area contributed by atoms with E-state index < -0.39 is 36.1 Å². The zero-order chi connectivity index (χ0) is 26.7. The number of para-hydroxylation sites is 1. The first-order valence-corrected chi connectivity index (χ1v) is 11.1. The van der Waals surface area contributed by atoms with Crippen molar-refractivity contribution in [2.75, 3.05) is 0 Å². The molecule has 0 spiro atoms. The molecular formula is C25H22F3N3O6. The zero-order valence-electron chi connectivity index (χ0n) is 19.2. The Hall–Kier alpha value is -4.16. The van der Waals surface area contributed by atoms with Crippen molar-refractivity contribution in [1.82, 2.24) is 10.2 Å². The second-order valence-electron chi connectivity index (χ2n) is 8.35. The highest BCUT2D eigenvalue weighted by Gasteiger charge is 2.36. The van der Waals surface area contributed by atoms with E-state index in [-0.39, 0.29) is 36.5 Å². The fourth-order valence-electron chi connectivity index (χ4n) is 3.96. The van der Waals surface area contributed by atoms with Crippen LogP contribution >= 0.6 is 0 Å². The van der Waals surface area contributed by atoms with Crippen molar-refractivity contribution >= 4 is 11.8 Å². The number of ether oxygens (including phenoxy) is 1. The van der Waals surface area contributed by atoms with Gasteiger partial charge in [-0.25, -0.2) is 0 Å². The summed E-state index contributed by atoms with van der Waals surface area (Å²) in [7, 11) is 0. The van der Waals surface area contributed by atoms with Crippen LogP contribution in [-0.4, -0.2) is 45.5 Å². The van der Waals surface area contributed by atoms with Crippen molar-refractivity contribution in [2.45, 2.75) is 38.2 Å². The number of nitrogens with zero attached hydrogens (tertiary/aromatic N) is 2. The van der Waals surface area contributed by atoms with Gasteiger partial charge in [0.15, 0.2) is 18.4 Å². The molecule has 2 unspecified atom stereocenters. The summed E-state index contributed by atoms with van der Waals surface area (Å²) in [4.78, 5) is 26.2. The number of halogens is 3. The van der Waals surface area contributed by atoms with Gasteiger partial charge in [-0.05, 0) is 23.3 Å². The Morgan fingerprint density at radius 3 is 2.24 bits per heavy atom. The van der Waals surface area contributed by atoms with Crippen LogP contribution in [0.1, 0.15) is 16.8 Å². The number of aliphatic hydroxyl groups is 2. The lowest BCUT2D eigenvalue weighted by molar-refractivity contribution is -0.613. The van der Waals surface area contributed by atoms with Crippen LogP contribution in [0, 0.1) is 5.21 Å². The molecule has 1 aromatic heterocycles. The number of carbonyl (C=O) groups excluding carboxylic acids is 2. The lowest BCUT2D eigenvalue weighted by atomic mass is 10.1. The molecule has 0 saturated heterocycles. The second kappa shape index (κ2) is 10.4. The van der Waals surface area contributed by atoms with Crippen molar-refractivity contribution in [3.8, 4) is 16.9 Å². The fraction of sp³-hybridized carbons (Fsp3) is 0.240. The van der Waals surface area contributed by atoms with Gasteiger partial charge in [-0.15, -0.1) is 13.2 Å². The van der Waals surface area contributed by atoms with Crippen molar-refractivity contribution in [3.63, 3.8) is 0 Å². The first kappa shape index (κ1) is 25.9. The Labute approximate surface area is 208 Å². The van der Waals surface area contributed by atoms with Gasteiger partial charge < -0.3 is 30.4 Å². The maximum Gasteiger partial charge on any atom is 0.573 e. The second-order valence-corrected chi connectivity index (χ2v) is 8.35. The summed E-state index contributed by atoms with van der Waals surface area (Å²) in [6.45, 7) is 0.0938. The summed E-state index contributed by atoms with van der Waals surface area (Å²) >= 11 is 0. The molecule has 2 heterocycles. The number of hydrogen-bond acceptors (Lipinski definition) is 6. The predicted molar refractivity (Wildman–Crippen MR) is 122 cm³/mol. The molecule has 0 fully saturated rings. The molecule has 0 radical (unpaired) electrons. The molecule has 0 saturated carbocycles.